The number of nitrogens with zero attached hydrogens (tertiary/aromatic N) is 4. The van der Waals surface area contributed by atoms with Gasteiger partial charge in [0.15, 0.2) is 11.3 Å². The van der Waals surface area contributed by atoms with Gasteiger partial charge in [0.1, 0.15) is 11.6 Å². The Morgan fingerprint density at radius 3 is 2.50 bits per heavy atom. The van der Waals surface area contributed by atoms with Crippen LogP contribution in [0.15, 0.2) is 48.5 Å². The first-order chi connectivity index (χ1) is 13.7. The van der Waals surface area contributed by atoms with Crippen LogP contribution in [0.2, 0.25) is 0 Å². The molecule has 2 aromatic heterocycles. The number of aromatic nitrogens is 4. The highest BCUT2D eigenvalue weighted by molar-refractivity contribution is 5.84. The maximum atomic E-state index is 5.71. The van der Waals surface area contributed by atoms with Gasteiger partial charge in [-0.1, -0.05) is 24.3 Å². The van der Waals surface area contributed by atoms with E-state index in [4.69, 9.17) is 24.4 Å². The fourth-order valence-corrected chi connectivity index (χ4v) is 3.23. The average molecular weight is 376 g/mol. The van der Waals surface area contributed by atoms with Gasteiger partial charge < -0.3 is 14.0 Å². The Kier molecular flexibility index (Phi) is 5.21. The van der Waals surface area contributed by atoms with Crippen LogP contribution in [-0.2, 0) is 11.3 Å². The van der Waals surface area contributed by atoms with E-state index in [2.05, 4.69) is 4.57 Å². The number of hydrogen-bond donors (Lipinski definition) is 0. The number of benzene rings is 2. The van der Waals surface area contributed by atoms with Crippen LogP contribution in [0.3, 0.4) is 0 Å². The van der Waals surface area contributed by atoms with Crippen LogP contribution in [0.1, 0.15) is 20.3 Å². The van der Waals surface area contributed by atoms with E-state index in [0.717, 1.165) is 46.8 Å². The maximum Gasteiger partial charge on any atom is 0.198 e. The van der Waals surface area contributed by atoms with Gasteiger partial charge in [-0.25, -0.2) is 15.0 Å². The summed E-state index contributed by atoms with van der Waals surface area (Å²) in [6.07, 6.45) is 1.09. The molecule has 2 heterocycles. The summed E-state index contributed by atoms with van der Waals surface area (Å²) in [6, 6.07) is 15.8. The van der Waals surface area contributed by atoms with Crippen molar-refractivity contribution in [2.45, 2.75) is 32.9 Å². The molecule has 2 aromatic carbocycles. The van der Waals surface area contributed by atoms with Gasteiger partial charge >= 0.3 is 0 Å². The Balaban J connectivity index is 1.81. The molecule has 0 aliphatic carbocycles. The monoisotopic (exact) mass is 376 g/mol. The molecule has 0 aliphatic rings. The number of ether oxygens (including phenoxy) is 2. The minimum Gasteiger partial charge on any atom is -0.497 e. The second kappa shape index (κ2) is 7.94. The first-order valence-electron chi connectivity index (χ1n) is 9.55. The third-order valence-electron chi connectivity index (χ3n) is 4.56. The van der Waals surface area contributed by atoms with E-state index in [1.54, 1.807) is 7.11 Å². The van der Waals surface area contributed by atoms with E-state index in [-0.39, 0.29) is 6.10 Å². The fraction of sp³-hybridized carbons (Fsp3) is 0.318. The Morgan fingerprint density at radius 1 is 0.964 bits per heavy atom. The summed E-state index contributed by atoms with van der Waals surface area (Å²) in [4.78, 5) is 14.4. The number of methoxy groups -OCH3 is 1. The zero-order valence-electron chi connectivity index (χ0n) is 16.4. The highest BCUT2D eigenvalue weighted by Gasteiger charge is 2.16. The molecule has 0 spiro atoms. The molecule has 0 saturated heterocycles. The second-order valence-corrected chi connectivity index (χ2v) is 6.95. The predicted octanol–water partition coefficient (Wildman–Crippen LogP) is 4.47. The fourth-order valence-electron chi connectivity index (χ4n) is 3.23. The molecule has 144 valence electrons. The SMILES string of the molecule is COc1cccc(-c2nc3nc4ccccc4nc3n2CCCOC(C)C)c1. The van der Waals surface area contributed by atoms with Crippen LogP contribution in [0.5, 0.6) is 5.75 Å². The molecular formula is C22H24N4O2. The summed E-state index contributed by atoms with van der Waals surface area (Å²) in [5.41, 5.74) is 4.14. The standard InChI is InChI=1S/C22H24N4O2/c1-15(2)28-13-7-12-26-21(16-8-6-9-17(14-16)27-3)25-20-22(26)24-19-11-5-4-10-18(19)23-20/h4-6,8-11,14-15H,7,12-13H2,1-3H3. The van der Waals surface area contributed by atoms with Gasteiger partial charge in [-0.3, -0.25) is 0 Å². The van der Waals surface area contributed by atoms with Crippen molar-refractivity contribution in [1.82, 2.24) is 19.5 Å². The van der Waals surface area contributed by atoms with Crippen LogP contribution >= 0.6 is 0 Å². The van der Waals surface area contributed by atoms with Crippen molar-refractivity contribution in [3.63, 3.8) is 0 Å². The Labute approximate surface area is 164 Å². The van der Waals surface area contributed by atoms with E-state index in [1.165, 1.54) is 0 Å². The van der Waals surface area contributed by atoms with Gasteiger partial charge in [0, 0.05) is 18.7 Å². The van der Waals surface area contributed by atoms with E-state index in [9.17, 15) is 0 Å². The molecule has 28 heavy (non-hydrogen) atoms. The molecule has 0 N–H and O–H groups in total. The van der Waals surface area contributed by atoms with Crippen molar-refractivity contribution in [1.29, 1.82) is 0 Å². The molecule has 0 amide bonds. The zero-order valence-corrected chi connectivity index (χ0v) is 16.4. The van der Waals surface area contributed by atoms with Gasteiger partial charge in [0.05, 0.1) is 24.2 Å². The first-order valence-corrected chi connectivity index (χ1v) is 9.55. The van der Waals surface area contributed by atoms with Crippen LogP contribution in [0, 0.1) is 0 Å². The van der Waals surface area contributed by atoms with Crippen molar-refractivity contribution < 1.29 is 9.47 Å². The molecule has 0 radical (unpaired) electrons. The molecule has 0 unspecified atom stereocenters. The van der Waals surface area contributed by atoms with Gasteiger partial charge in [-0.15, -0.1) is 0 Å². The number of imidazole rings is 1. The second-order valence-electron chi connectivity index (χ2n) is 6.95. The highest BCUT2D eigenvalue weighted by Crippen LogP contribution is 2.27. The topological polar surface area (TPSA) is 62.1 Å². The molecule has 0 saturated carbocycles. The minimum absolute atomic E-state index is 0.223. The largest absolute Gasteiger partial charge is 0.497 e. The smallest absolute Gasteiger partial charge is 0.198 e. The normalized spacial score (nSPS) is 11.6. The molecule has 0 fully saturated rings. The van der Waals surface area contributed by atoms with Crippen LogP contribution in [-0.4, -0.2) is 39.3 Å². The maximum absolute atomic E-state index is 5.71. The molecule has 0 aliphatic heterocycles. The van der Waals surface area contributed by atoms with Gasteiger partial charge in [-0.05, 0) is 44.5 Å². The lowest BCUT2D eigenvalue weighted by Gasteiger charge is -2.11. The van der Waals surface area contributed by atoms with E-state index in [1.807, 2.05) is 62.4 Å². The number of hydrogen-bond acceptors (Lipinski definition) is 5. The zero-order chi connectivity index (χ0) is 19.5. The van der Waals surface area contributed by atoms with Crippen LogP contribution in [0.4, 0.5) is 0 Å². The van der Waals surface area contributed by atoms with Crippen LogP contribution in [0.25, 0.3) is 33.7 Å². The summed E-state index contributed by atoms with van der Waals surface area (Å²) in [5.74, 6) is 1.64. The van der Waals surface area contributed by atoms with Crippen molar-refractivity contribution in [3.8, 4) is 17.1 Å². The minimum atomic E-state index is 0.223. The van der Waals surface area contributed by atoms with Crippen LogP contribution < -0.4 is 4.74 Å². The average Bonchev–Trinajstić information content (AvgIpc) is 3.06. The summed E-state index contributed by atoms with van der Waals surface area (Å²) >= 11 is 0. The third-order valence-corrected chi connectivity index (χ3v) is 4.56. The molecule has 6 heteroatoms. The molecular weight excluding hydrogens is 352 g/mol. The lowest BCUT2D eigenvalue weighted by atomic mass is 10.2. The van der Waals surface area contributed by atoms with Crippen molar-refractivity contribution in [2.75, 3.05) is 13.7 Å². The van der Waals surface area contributed by atoms with Gasteiger partial charge in [0.2, 0.25) is 0 Å². The third kappa shape index (κ3) is 3.68. The Hall–Kier alpha value is -2.99. The summed E-state index contributed by atoms with van der Waals surface area (Å²) in [6.45, 7) is 5.54. The lowest BCUT2D eigenvalue weighted by molar-refractivity contribution is 0.0750. The molecule has 0 bridgehead atoms. The number of para-hydroxylation sites is 2. The Bertz CT molecular complexity index is 1100. The molecule has 4 aromatic rings. The summed E-state index contributed by atoms with van der Waals surface area (Å²) < 4.78 is 13.2. The van der Waals surface area contributed by atoms with Gasteiger partial charge in [-0.2, -0.15) is 0 Å². The number of rotatable bonds is 7. The van der Waals surface area contributed by atoms with Crippen molar-refractivity contribution >= 4 is 22.3 Å². The predicted molar refractivity (Wildman–Crippen MR) is 111 cm³/mol. The van der Waals surface area contributed by atoms with E-state index >= 15 is 0 Å². The van der Waals surface area contributed by atoms with E-state index < -0.39 is 0 Å². The lowest BCUT2D eigenvalue weighted by Crippen LogP contribution is -2.08. The van der Waals surface area contributed by atoms with Gasteiger partial charge in [0.25, 0.3) is 0 Å². The summed E-state index contributed by atoms with van der Waals surface area (Å²) in [7, 11) is 1.67. The highest BCUT2D eigenvalue weighted by atomic mass is 16.5. The first kappa shape index (κ1) is 18.4. The quantitative estimate of drug-likeness (QED) is 0.445. The molecule has 4 rings (SSSR count). The Morgan fingerprint density at radius 2 is 1.75 bits per heavy atom. The number of fused-ring (bicyclic) bond motifs is 2. The summed E-state index contributed by atoms with van der Waals surface area (Å²) in [5, 5.41) is 0. The number of aryl methyl sites for hydroxylation is 1. The van der Waals surface area contributed by atoms with E-state index in [0.29, 0.717) is 12.3 Å². The van der Waals surface area contributed by atoms with Crippen molar-refractivity contribution in [2.24, 2.45) is 0 Å². The molecule has 6 nitrogen and oxygen atoms in total. The molecule has 0 atom stereocenters. The van der Waals surface area contributed by atoms with Crippen molar-refractivity contribution in [3.05, 3.63) is 48.5 Å².